The number of ether oxygens (including phenoxy) is 1. The van der Waals surface area contributed by atoms with Gasteiger partial charge in [0.25, 0.3) is 5.91 Å². The molecule has 0 bridgehead atoms. The molecule has 3 aromatic heterocycles. The maximum absolute atomic E-state index is 14.3. The van der Waals surface area contributed by atoms with Gasteiger partial charge >= 0.3 is 5.97 Å². The van der Waals surface area contributed by atoms with Gasteiger partial charge in [-0.1, -0.05) is 81.4 Å². The summed E-state index contributed by atoms with van der Waals surface area (Å²) in [5.74, 6) is -1.11. The second kappa shape index (κ2) is 20.4. The molecule has 0 aliphatic carbocycles. The molecule has 5 heterocycles. The van der Waals surface area contributed by atoms with Crippen molar-refractivity contribution < 1.29 is 33.8 Å². The zero-order valence-electron chi connectivity index (χ0n) is 41.5. The number of hydrogen-bond donors (Lipinski definition) is 4. The van der Waals surface area contributed by atoms with Gasteiger partial charge in [0.05, 0.1) is 47.5 Å². The van der Waals surface area contributed by atoms with Crippen LogP contribution < -0.4 is 16.0 Å². The molecule has 1 unspecified atom stereocenters. The van der Waals surface area contributed by atoms with E-state index < -0.39 is 65.3 Å². The minimum atomic E-state index is -1.08. The molecule has 0 saturated carbocycles. The van der Waals surface area contributed by atoms with Crippen molar-refractivity contribution in [1.29, 1.82) is 0 Å². The highest BCUT2D eigenvalue weighted by Gasteiger charge is 2.45. The van der Waals surface area contributed by atoms with Crippen LogP contribution in [-0.4, -0.2) is 103 Å². The van der Waals surface area contributed by atoms with Crippen LogP contribution >= 0.6 is 22.7 Å². The molecule has 1 saturated heterocycles. The molecule has 2 aliphatic heterocycles. The molecule has 18 heteroatoms. The third-order valence-electron chi connectivity index (χ3n) is 13.2. The number of thiophene rings is 1. The SMILES string of the molecule is COC(=O)C[C@@H]1N=C(c2ccc(-c3ccc(C(=O)N[C@@H](C)C(=O)NC(C(=O)N4C[C@H](O)C[C@H]4C(=O)N[C@@H](C)c4ccc(-c5scnc5C)cc4)C(C)(C)C)cc3)cc2)c2c(sc(C)c2C)-n2c(C)nnc21. The van der Waals surface area contributed by atoms with Crippen LogP contribution in [0.15, 0.2) is 83.3 Å². The van der Waals surface area contributed by atoms with Crippen molar-refractivity contribution in [2.45, 2.75) is 111 Å². The number of esters is 1. The van der Waals surface area contributed by atoms with E-state index in [2.05, 4.69) is 45.0 Å². The van der Waals surface area contributed by atoms with Crippen molar-refractivity contribution in [3.8, 4) is 26.6 Å². The largest absolute Gasteiger partial charge is 0.469 e. The average molecular weight is 998 g/mol. The number of nitrogens with zero attached hydrogens (tertiary/aromatic N) is 6. The number of carbonyl (C=O) groups is 5. The number of benzene rings is 3. The van der Waals surface area contributed by atoms with Gasteiger partial charge in [0.15, 0.2) is 5.82 Å². The van der Waals surface area contributed by atoms with Gasteiger partial charge in [0, 0.05) is 34.5 Å². The number of methoxy groups -OCH3 is 1. The van der Waals surface area contributed by atoms with E-state index >= 15 is 0 Å². The molecule has 8 rings (SSSR count). The fraction of sp³-hybridized carbons (Fsp3) is 0.377. The number of fused-ring (bicyclic) bond motifs is 3. The Morgan fingerprint density at radius 1 is 0.845 bits per heavy atom. The highest BCUT2D eigenvalue weighted by Crippen LogP contribution is 2.40. The summed E-state index contributed by atoms with van der Waals surface area (Å²) in [7, 11) is 1.35. The first-order chi connectivity index (χ1) is 33.7. The van der Waals surface area contributed by atoms with Crippen LogP contribution in [0.1, 0.15) is 114 Å². The summed E-state index contributed by atoms with van der Waals surface area (Å²) < 4.78 is 7.01. The zero-order chi connectivity index (χ0) is 51.1. The molecule has 71 heavy (non-hydrogen) atoms. The normalized spacial score (nSPS) is 17.8. The molecule has 370 valence electrons. The molecule has 4 N–H and O–H groups in total. The molecular weight excluding hydrogens is 939 g/mol. The standard InChI is InChI=1S/C53H59N9O7S2/c1-27-31(5)71-52-43(27)44(57-40(24-42(64)69-10)47-60-59-32(6)62(47)52)36-17-13-34(14-18-36)35-15-21-38(22-16-35)49(66)56-30(4)48(65)58-46(53(7,8)9)51(68)61-25-39(63)23-41(61)50(67)55-28(2)33-11-19-37(20-12-33)45-29(3)54-26-70-45/h11-22,26,28,30,39-41,46,63H,23-25H2,1-10H3,(H,55,67)(H,56,66)(H,58,65)/t28-,30-,39+,40-,41-,46?/m0/s1. The lowest BCUT2D eigenvalue weighted by Gasteiger charge is -2.36. The lowest BCUT2D eigenvalue weighted by Crippen LogP contribution is -2.60. The predicted octanol–water partition coefficient (Wildman–Crippen LogP) is 7.30. The van der Waals surface area contributed by atoms with E-state index in [1.165, 1.54) is 12.0 Å². The summed E-state index contributed by atoms with van der Waals surface area (Å²) in [5.41, 5.74) is 9.58. The number of hydrogen-bond acceptors (Lipinski definition) is 13. The summed E-state index contributed by atoms with van der Waals surface area (Å²) in [5, 5.41) is 29.1. The minimum Gasteiger partial charge on any atom is -0.469 e. The lowest BCUT2D eigenvalue weighted by molar-refractivity contribution is -0.144. The number of aliphatic hydroxyl groups is 1. The number of amides is 4. The van der Waals surface area contributed by atoms with Crippen LogP contribution in [0.2, 0.25) is 0 Å². The minimum absolute atomic E-state index is 0.00256. The van der Waals surface area contributed by atoms with Gasteiger partial charge in [0.1, 0.15) is 35.0 Å². The zero-order valence-corrected chi connectivity index (χ0v) is 43.1. The number of thiazole rings is 1. The summed E-state index contributed by atoms with van der Waals surface area (Å²) in [4.78, 5) is 81.0. The highest BCUT2D eigenvalue weighted by atomic mass is 32.1. The Morgan fingerprint density at radius 3 is 2.10 bits per heavy atom. The first-order valence-electron chi connectivity index (χ1n) is 23.5. The van der Waals surface area contributed by atoms with Gasteiger partial charge in [-0.25, -0.2) is 4.98 Å². The number of aliphatic hydroxyl groups excluding tert-OH is 1. The predicted molar refractivity (Wildman–Crippen MR) is 274 cm³/mol. The quantitative estimate of drug-likeness (QED) is 0.0849. The molecule has 16 nitrogen and oxygen atoms in total. The first-order valence-corrected chi connectivity index (χ1v) is 25.2. The van der Waals surface area contributed by atoms with Crippen molar-refractivity contribution in [1.82, 2.24) is 40.6 Å². The molecular formula is C53H59N9O7S2. The Kier molecular flexibility index (Phi) is 14.5. The monoisotopic (exact) mass is 997 g/mol. The smallest absolute Gasteiger partial charge is 0.308 e. The van der Waals surface area contributed by atoms with Crippen LogP contribution in [-0.2, 0) is 23.9 Å². The number of aryl methyl sites for hydroxylation is 3. The van der Waals surface area contributed by atoms with E-state index in [4.69, 9.17) is 9.73 Å². The maximum atomic E-state index is 14.3. The number of rotatable bonds is 13. The van der Waals surface area contributed by atoms with Crippen molar-refractivity contribution in [2.75, 3.05) is 13.7 Å². The van der Waals surface area contributed by atoms with Gasteiger partial charge in [-0.2, -0.15) is 0 Å². The van der Waals surface area contributed by atoms with E-state index in [1.54, 1.807) is 62.5 Å². The Hall–Kier alpha value is -6.89. The Morgan fingerprint density at radius 2 is 1.48 bits per heavy atom. The summed E-state index contributed by atoms with van der Waals surface area (Å²) >= 11 is 3.19. The van der Waals surface area contributed by atoms with Crippen LogP contribution in [0, 0.1) is 33.1 Å². The molecule has 1 fully saturated rings. The van der Waals surface area contributed by atoms with E-state index in [0.717, 1.165) is 65.1 Å². The Balaban J connectivity index is 0.910. The number of nitrogens with one attached hydrogen (secondary N) is 3. The van der Waals surface area contributed by atoms with Gasteiger partial charge in [-0.3, -0.25) is 33.5 Å². The number of aromatic nitrogens is 4. The van der Waals surface area contributed by atoms with Gasteiger partial charge in [0.2, 0.25) is 17.7 Å². The van der Waals surface area contributed by atoms with Gasteiger partial charge < -0.3 is 30.7 Å². The van der Waals surface area contributed by atoms with Gasteiger partial charge in [-0.05, 0) is 86.9 Å². The fourth-order valence-corrected chi connectivity index (χ4v) is 11.1. The van der Waals surface area contributed by atoms with Crippen LogP contribution in [0.5, 0.6) is 0 Å². The number of likely N-dealkylation sites (tertiary alicyclic amines) is 1. The summed E-state index contributed by atoms with van der Waals surface area (Å²) in [6, 6.07) is 18.8. The third-order valence-corrected chi connectivity index (χ3v) is 15.4. The van der Waals surface area contributed by atoms with Crippen molar-refractivity contribution in [3.63, 3.8) is 0 Å². The average Bonchev–Trinajstić information content (AvgIpc) is 4.12. The lowest BCUT2D eigenvalue weighted by atomic mass is 9.85. The van der Waals surface area contributed by atoms with Crippen molar-refractivity contribution in [3.05, 3.63) is 128 Å². The number of aliphatic imine (C=N–C) groups is 1. The third kappa shape index (κ3) is 10.5. The first kappa shape index (κ1) is 50.5. The summed E-state index contributed by atoms with van der Waals surface area (Å²) in [6.45, 7) is 16.7. The van der Waals surface area contributed by atoms with Crippen molar-refractivity contribution >= 4 is 58.0 Å². The fourth-order valence-electron chi connectivity index (χ4n) is 9.03. The van der Waals surface area contributed by atoms with E-state index in [9.17, 15) is 29.1 Å². The topological polar surface area (TPSA) is 210 Å². The molecule has 3 aromatic carbocycles. The molecule has 6 atom stereocenters. The Labute approximate surface area is 421 Å². The van der Waals surface area contributed by atoms with Crippen LogP contribution in [0.3, 0.4) is 0 Å². The molecule has 0 radical (unpaired) electrons. The molecule has 4 amide bonds. The highest BCUT2D eigenvalue weighted by molar-refractivity contribution is 7.15. The van der Waals surface area contributed by atoms with Crippen molar-refractivity contribution in [2.24, 2.45) is 10.4 Å². The van der Waals surface area contributed by atoms with E-state index in [-0.39, 0.29) is 25.4 Å². The summed E-state index contributed by atoms with van der Waals surface area (Å²) in [6.07, 6.45) is -0.879. The Bertz CT molecular complexity index is 3020. The second-order valence-corrected chi connectivity index (χ2v) is 21.4. The molecule has 6 aromatic rings. The molecule has 0 spiro atoms. The number of carbonyl (C=O) groups excluding carboxylic acids is 5. The second-order valence-electron chi connectivity index (χ2n) is 19.4. The number of β-amino-alcohol motifs (C(OH)–C–C–N with tert-alkyl or cyclic N) is 1. The maximum Gasteiger partial charge on any atom is 0.308 e. The van der Waals surface area contributed by atoms with E-state index in [1.807, 2.05) is 91.5 Å². The van der Waals surface area contributed by atoms with Gasteiger partial charge in [-0.15, -0.1) is 32.9 Å². The van der Waals surface area contributed by atoms with Crippen LogP contribution in [0.25, 0.3) is 26.6 Å². The van der Waals surface area contributed by atoms with Crippen LogP contribution in [0.4, 0.5) is 0 Å². The molecule has 2 aliphatic rings. The van der Waals surface area contributed by atoms with E-state index in [0.29, 0.717) is 17.2 Å².